The van der Waals surface area contributed by atoms with Gasteiger partial charge in [-0.25, -0.2) is 4.98 Å². The highest BCUT2D eigenvalue weighted by Gasteiger charge is 2.16. The van der Waals surface area contributed by atoms with Gasteiger partial charge in [-0.15, -0.1) is 11.3 Å². The van der Waals surface area contributed by atoms with Crippen LogP contribution in [0.25, 0.3) is 0 Å². The molecular weight excluding hydrogens is 368 g/mol. The SMILES string of the molecule is COc1cc(NC(=O)c2csc(Nc3cccnc3)n2)cc(OC)c1OC. The standard InChI is InChI=1S/C18H18N4O4S/c1-24-14-7-12(8-15(25-2)16(14)26-3)20-17(23)13-10-27-18(22-13)21-11-5-4-6-19-9-11/h4-10H,1-3H3,(H,20,23)(H,21,22). The zero-order valence-electron chi connectivity index (χ0n) is 15.0. The number of thiazole rings is 1. The number of ether oxygens (including phenoxy) is 3. The van der Waals surface area contributed by atoms with Crippen LogP contribution < -0.4 is 24.8 Å². The Hall–Kier alpha value is -3.33. The van der Waals surface area contributed by atoms with E-state index in [9.17, 15) is 4.79 Å². The number of nitrogens with one attached hydrogen (secondary N) is 2. The molecule has 0 aliphatic rings. The van der Waals surface area contributed by atoms with Gasteiger partial charge in [0, 0.05) is 29.4 Å². The van der Waals surface area contributed by atoms with E-state index < -0.39 is 0 Å². The van der Waals surface area contributed by atoms with Gasteiger partial charge in [0.05, 0.1) is 33.2 Å². The topological polar surface area (TPSA) is 94.6 Å². The second-order valence-electron chi connectivity index (χ2n) is 5.27. The second-order valence-corrected chi connectivity index (χ2v) is 6.13. The monoisotopic (exact) mass is 386 g/mol. The second kappa shape index (κ2) is 8.37. The van der Waals surface area contributed by atoms with Crippen molar-refractivity contribution in [1.29, 1.82) is 0 Å². The summed E-state index contributed by atoms with van der Waals surface area (Å²) in [5.74, 6) is 1.00. The average Bonchev–Trinajstić information content (AvgIpc) is 3.16. The predicted octanol–water partition coefficient (Wildman–Crippen LogP) is 3.56. The van der Waals surface area contributed by atoms with Crippen LogP contribution in [0.15, 0.2) is 42.0 Å². The zero-order valence-corrected chi connectivity index (χ0v) is 15.8. The summed E-state index contributed by atoms with van der Waals surface area (Å²) in [5.41, 5.74) is 1.59. The van der Waals surface area contributed by atoms with E-state index in [0.717, 1.165) is 5.69 Å². The van der Waals surface area contributed by atoms with Crippen LogP contribution in [0, 0.1) is 0 Å². The van der Waals surface area contributed by atoms with E-state index in [0.29, 0.717) is 33.8 Å². The van der Waals surface area contributed by atoms with E-state index in [4.69, 9.17) is 14.2 Å². The molecule has 0 unspecified atom stereocenters. The van der Waals surface area contributed by atoms with Crippen LogP contribution in [-0.2, 0) is 0 Å². The lowest BCUT2D eigenvalue weighted by Gasteiger charge is -2.14. The van der Waals surface area contributed by atoms with Gasteiger partial charge >= 0.3 is 0 Å². The largest absolute Gasteiger partial charge is 0.493 e. The van der Waals surface area contributed by atoms with Crippen molar-refractivity contribution in [3.8, 4) is 17.2 Å². The van der Waals surface area contributed by atoms with Crippen molar-refractivity contribution in [2.75, 3.05) is 32.0 Å². The van der Waals surface area contributed by atoms with E-state index in [2.05, 4.69) is 20.6 Å². The van der Waals surface area contributed by atoms with Crippen LogP contribution in [0.2, 0.25) is 0 Å². The molecule has 0 fully saturated rings. The lowest BCUT2D eigenvalue weighted by atomic mass is 10.2. The first kappa shape index (κ1) is 18.5. The molecule has 2 N–H and O–H groups in total. The van der Waals surface area contributed by atoms with Gasteiger partial charge in [0.1, 0.15) is 5.69 Å². The summed E-state index contributed by atoms with van der Waals surface area (Å²) >= 11 is 1.32. The lowest BCUT2D eigenvalue weighted by molar-refractivity contribution is 0.102. The maximum absolute atomic E-state index is 12.5. The summed E-state index contributed by atoms with van der Waals surface area (Å²) < 4.78 is 15.9. The Kier molecular flexibility index (Phi) is 5.72. The molecule has 0 aliphatic heterocycles. The van der Waals surface area contributed by atoms with Crippen LogP contribution in [0.4, 0.5) is 16.5 Å². The molecule has 2 heterocycles. The number of aromatic nitrogens is 2. The Labute approximate surface area is 160 Å². The van der Waals surface area contributed by atoms with Gasteiger partial charge < -0.3 is 24.8 Å². The Balaban J connectivity index is 1.76. The molecule has 9 heteroatoms. The molecule has 0 bridgehead atoms. The molecule has 0 atom stereocenters. The van der Waals surface area contributed by atoms with Crippen LogP contribution >= 0.6 is 11.3 Å². The Morgan fingerprint density at radius 2 is 1.81 bits per heavy atom. The van der Waals surface area contributed by atoms with E-state index in [-0.39, 0.29) is 5.91 Å². The van der Waals surface area contributed by atoms with Crippen LogP contribution in [0.5, 0.6) is 17.2 Å². The third-order valence-corrected chi connectivity index (χ3v) is 4.33. The van der Waals surface area contributed by atoms with Crippen LogP contribution in [-0.4, -0.2) is 37.2 Å². The first-order valence-electron chi connectivity index (χ1n) is 7.88. The number of benzene rings is 1. The van der Waals surface area contributed by atoms with Crippen LogP contribution in [0.1, 0.15) is 10.5 Å². The van der Waals surface area contributed by atoms with Crippen molar-refractivity contribution < 1.29 is 19.0 Å². The summed E-state index contributed by atoms with van der Waals surface area (Å²) in [5, 5.41) is 8.16. The molecular formula is C18H18N4O4S. The number of carbonyl (C=O) groups is 1. The van der Waals surface area contributed by atoms with Crippen molar-refractivity contribution in [1.82, 2.24) is 9.97 Å². The molecule has 140 valence electrons. The first-order valence-corrected chi connectivity index (χ1v) is 8.76. The van der Waals surface area contributed by atoms with Crippen molar-refractivity contribution in [2.24, 2.45) is 0 Å². The van der Waals surface area contributed by atoms with Crippen molar-refractivity contribution in [3.05, 3.63) is 47.7 Å². The van der Waals surface area contributed by atoms with Crippen LogP contribution in [0.3, 0.4) is 0 Å². The Morgan fingerprint density at radius 1 is 1.07 bits per heavy atom. The Bertz CT molecular complexity index is 905. The quantitative estimate of drug-likeness (QED) is 0.641. The van der Waals surface area contributed by atoms with E-state index >= 15 is 0 Å². The predicted molar refractivity (Wildman–Crippen MR) is 104 cm³/mol. The smallest absolute Gasteiger partial charge is 0.275 e. The number of pyridine rings is 1. The van der Waals surface area contributed by atoms with Gasteiger partial charge in [0.2, 0.25) is 5.75 Å². The van der Waals surface area contributed by atoms with Crippen molar-refractivity contribution >= 4 is 33.8 Å². The molecule has 1 amide bonds. The van der Waals surface area contributed by atoms with Gasteiger partial charge in [-0.1, -0.05) is 0 Å². The molecule has 3 rings (SSSR count). The molecule has 27 heavy (non-hydrogen) atoms. The maximum Gasteiger partial charge on any atom is 0.275 e. The number of rotatable bonds is 7. The molecule has 0 radical (unpaired) electrons. The third kappa shape index (κ3) is 4.26. The molecule has 3 aromatic rings. The van der Waals surface area contributed by atoms with Gasteiger partial charge in [-0.05, 0) is 12.1 Å². The first-order chi connectivity index (χ1) is 13.1. The van der Waals surface area contributed by atoms with E-state index in [1.165, 1.54) is 32.7 Å². The number of hydrogen-bond donors (Lipinski definition) is 2. The van der Waals surface area contributed by atoms with E-state index in [1.54, 1.807) is 29.9 Å². The molecule has 0 saturated carbocycles. The molecule has 0 saturated heterocycles. The van der Waals surface area contributed by atoms with Crippen molar-refractivity contribution in [3.63, 3.8) is 0 Å². The van der Waals surface area contributed by atoms with Gasteiger partial charge in [0.15, 0.2) is 16.6 Å². The number of anilines is 3. The summed E-state index contributed by atoms with van der Waals surface area (Å²) in [6.07, 6.45) is 3.36. The molecule has 0 spiro atoms. The Morgan fingerprint density at radius 3 is 2.41 bits per heavy atom. The fourth-order valence-corrected chi connectivity index (χ4v) is 3.05. The number of hydrogen-bond acceptors (Lipinski definition) is 8. The minimum Gasteiger partial charge on any atom is -0.493 e. The number of amides is 1. The van der Waals surface area contributed by atoms with Crippen molar-refractivity contribution in [2.45, 2.75) is 0 Å². The van der Waals surface area contributed by atoms with Gasteiger partial charge in [-0.3, -0.25) is 9.78 Å². The molecule has 1 aromatic carbocycles. The minimum atomic E-state index is -0.347. The maximum atomic E-state index is 12.5. The average molecular weight is 386 g/mol. The highest BCUT2D eigenvalue weighted by Crippen LogP contribution is 2.40. The summed E-state index contributed by atoms with van der Waals surface area (Å²) in [6.45, 7) is 0. The minimum absolute atomic E-state index is 0.292. The third-order valence-electron chi connectivity index (χ3n) is 3.57. The fraction of sp³-hybridized carbons (Fsp3) is 0.167. The van der Waals surface area contributed by atoms with E-state index in [1.807, 2.05) is 12.1 Å². The highest BCUT2D eigenvalue weighted by molar-refractivity contribution is 7.14. The summed E-state index contributed by atoms with van der Waals surface area (Å²) in [7, 11) is 4.55. The normalized spacial score (nSPS) is 10.2. The van der Waals surface area contributed by atoms with Gasteiger partial charge in [0.25, 0.3) is 5.91 Å². The van der Waals surface area contributed by atoms with Gasteiger partial charge in [-0.2, -0.15) is 0 Å². The zero-order chi connectivity index (χ0) is 19.2. The molecule has 2 aromatic heterocycles. The number of carbonyl (C=O) groups excluding carboxylic acids is 1. The molecule has 8 nitrogen and oxygen atoms in total. The number of methoxy groups -OCH3 is 3. The summed E-state index contributed by atoms with van der Waals surface area (Å²) in [4.78, 5) is 20.8. The lowest BCUT2D eigenvalue weighted by Crippen LogP contribution is -2.12. The summed E-state index contributed by atoms with van der Waals surface area (Å²) in [6, 6.07) is 6.99. The highest BCUT2D eigenvalue weighted by atomic mass is 32.1. The number of nitrogens with zero attached hydrogens (tertiary/aromatic N) is 2. The molecule has 0 aliphatic carbocycles. The fourth-order valence-electron chi connectivity index (χ4n) is 2.34.